The van der Waals surface area contributed by atoms with E-state index in [1.54, 1.807) is 18.6 Å². The van der Waals surface area contributed by atoms with Gasteiger partial charge in [-0.15, -0.1) is 0 Å². The average Bonchev–Trinajstić information content (AvgIpc) is 3.54. The number of aromatic nitrogens is 3. The number of likely N-dealkylation sites (tertiary alicyclic amines) is 1. The van der Waals surface area contributed by atoms with Gasteiger partial charge >= 0.3 is 0 Å². The minimum atomic E-state index is -0.335. The Hall–Kier alpha value is -2.68. The highest BCUT2D eigenvalue weighted by molar-refractivity contribution is 7.98. The van der Waals surface area contributed by atoms with E-state index in [0.29, 0.717) is 28.9 Å². The lowest BCUT2D eigenvalue weighted by Gasteiger charge is -2.27. The van der Waals surface area contributed by atoms with Crippen molar-refractivity contribution >= 4 is 29.3 Å². The summed E-state index contributed by atoms with van der Waals surface area (Å²) >= 11 is 8.07. The van der Waals surface area contributed by atoms with Crippen molar-refractivity contribution in [3.05, 3.63) is 65.1 Å². The quantitative estimate of drug-likeness (QED) is 0.389. The first-order valence-corrected chi connectivity index (χ1v) is 13.0. The number of nitrogens with zero attached hydrogens (tertiary/aromatic N) is 4. The number of ether oxygens (including phenoxy) is 1. The molecule has 1 fully saturated rings. The van der Waals surface area contributed by atoms with Crippen LogP contribution in [-0.2, 0) is 11.2 Å². The maximum Gasteiger partial charge on any atom is 0.242 e. The van der Waals surface area contributed by atoms with Crippen LogP contribution in [0, 0.1) is 0 Å². The fourth-order valence-electron chi connectivity index (χ4n) is 4.63. The summed E-state index contributed by atoms with van der Waals surface area (Å²) in [6.07, 6.45) is 9.92. The SMILES string of the molecule is CSc1nccc(-c2cc(Cl)c3c(c2)C[C@H](CNC(=O)[C@H](c2cccnc2)N2CCCC2)O3)n1. The van der Waals surface area contributed by atoms with Crippen LogP contribution < -0.4 is 10.1 Å². The molecule has 1 amide bonds. The van der Waals surface area contributed by atoms with Crippen LogP contribution in [0.4, 0.5) is 0 Å². The van der Waals surface area contributed by atoms with Crippen molar-refractivity contribution in [2.75, 3.05) is 25.9 Å². The molecule has 0 bridgehead atoms. The molecule has 2 aliphatic heterocycles. The van der Waals surface area contributed by atoms with Crippen LogP contribution in [0.3, 0.4) is 0 Å². The second-order valence-corrected chi connectivity index (χ2v) is 9.68. The van der Waals surface area contributed by atoms with Crippen LogP contribution in [0.5, 0.6) is 5.75 Å². The van der Waals surface area contributed by atoms with E-state index in [-0.39, 0.29) is 18.1 Å². The van der Waals surface area contributed by atoms with Gasteiger partial charge in [0.25, 0.3) is 0 Å². The maximum atomic E-state index is 13.2. The predicted molar refractivity (Wildman–Crippen MR) is 133 cm³/mol. The Labute approximate surface area is 208 Å². The van der Waals surface area contributed by atoms with E-state index in [9.17, 15) is 4.79 Å². The van der Waals surface area contributed by atoms with Crippen molar-refractivity contribution < 1.29 is 9.53 Å². The van der Waals surface area contributed by atoms with Gasteiger partial charge in [-0.1, -0.05) is 29.4 Å². The summed E-state index contributed by atoms with van der Waals surface area (Å²) in [7, 11) is 0. The number of pyridine rings is 1. The Bertz CT molecular complexity index is 1170. The number of fused-ring (bicyclic) bond motifs is 1. The molecule has 5 rings (SSSR count). The molecular weight excluding hydrogens is 470 g/mol. The molecule has 176 valence electrons. The molecule has 0 radical (unpaired) electrons. The minimum absolute atomic E-state index is 0.0215. The zero-order chi connectivity index (χ0) is 23.5. The fourth-order valence-corrected chi connectivity index (χ4v) is 5.27. The molecule has 2 aromatic heterocycles. The van der Waals surface area contributed by atoms with Gasteiger partial charge in [-0.3, -0.25) is 14.7 Å². The Balaban J connectivity index is 1.28. The second-order valence-electron chi connectivity index (χ2n) is 8.50. The van der Waals surface area contributed by atoms with Crippen molar-refractivity contribution in [3.8, 4) is 17.0 Å². The Kier molecular flexibility index (Phi) is 6.99. The first-order valence-electron chi connectivity index (χ1n) is 11.4. The summed E-state index contributed by atoms with van der Waals surface area (Å²) in [5, 5.41) is 4.38. The third-order valence-electron chi connectivity index (χ3n) is 6.22. The van der Waals surface area contributed by atoms with Gasteiger partial charge < -0.3 is 10.1 Å². The van der Waals surface area contributed by atoms with Gasteiger partial charge in [-0.2, -0.15) is 0 Å². The molecule has 2 atom stereocenters. The smallest absolute Gasteiger partial charge is 0.242 e. The lowest BCUT2D eigenvalue weighted by Crippen LogP contribution is -2.42. The lowest BCUT2D eigenvalue weighted by atomic mass is 10.0. The molecule has 7 nitrogen and oxygen atoms in total. The van der Waals surface area contributed by atoms with Crippen molar-refractivity contribution in [2.45, 2.75) is 36.6 Å². The zero-order valence-electron chi connectivity index (χ0n) is 18.9. The molecule has 0 unspecified atom stereocenters. The number of halogens is 1. The number of benzene rings is 1. The van der Waals surface area contributed by atoms with E-state index >= 15 is 0 Å². The van der Waals surface area contributed by atoms with Gasteiger partial charge in [0.1, 0.15) is 17.9 Å². The number of amides is 1. The molecule has 9 heteroatoms. The molecule has 34 heavy (non-hydrogen) atoms. The lowest BCUT2D eigenvalue weighted by molar-refractivity contribution is -0.126. The van der Waals surface area contributed by atoms with Crippen LogP contribution in [0.25, 0.3) is 11.3 Å². The Morgan fingerprint density at radius 1 is 1.29 bits per heavy atom. The van der Waals surface area contributed by atoms with Crippen LogP contribution >= 0.6 is 23.4 Å². The topological polar surface area (TPSA) is 80.2 Å². The largest absolute Gasteiger partial charge is 0.486 e. The molecule has 3 aromatic rings. The molecule has 0 saturated carbocycles. The number of carbonyl (C=O) groups excluding carboxylic acids is 1. The highest BCUT2D eigenvalue weighted by Crippen LogP contribution is 2.39. The van der Waals surface area contributed by atoms with E-state index in [1.807, 2.05) is 30.5 Å². The number of rotatable bonds is 7. The third kappa shape index (κ3) is 4.89. The monoisotopic (exact) mass is 495 g/mol. The van der Waals surface area contributed by atoms with Gasteiger partial charge in [-0.25, -0.2) is 9.97 Å². The minimum Gasteiger partial charge on any atom is -0.486 e. The third-order valence-corrected chi connectivity index (χ3v) is 7.07. The van der Waals surface area contributed by atoms with Gasteiger partial charge in [-0.05, 0) is 62.0 Å². The maximum absolute atomic E-state index is 13.2. The van der Waals surface area contributed by atoms with Crippen LogP contribution in [-0.4, -0.2) is 57.8 Å². The molecule has 4 heterocycles. The molecule has 1 N–H and O–H groups in total. The average molecular weight is 496 g/mol. The first-order chi connectivity index (χ1) is 16.6. The van der Waals surface area contributed by atoms with Gasteiger partial charge in [0.05, 0.1) is 17.3 Å². The summed E-state index contributed by atoms with van der Waals surface area (Å²) in [6.45, 7) is 2.24. The van der Waals surface area contributed by atoms with Gasteiger partial charge in [0, 0.05) is 36.1 Å². The Morgan fingerprint density at radius 3 is 2.91 bits per heavy atom. The molecule has 0 spiro atoms. The van der Waals surface area contributed by atoms with Crippen LogP contribution in [0.1, 0.15) is 30.0 Å². The standard InChI is InChI=1S/C25H26ClN5O2S/c1-34-25-28-8-6-21(30-25)17-11-18-12-19(33-23(18)20(26)13-17)15-29-24(32)22(31-9-2-3-10-31)16-5-4-7-27-14-16/h4-8,11,13-14,19,22H,2-3,9-10,12,15H2,1H3,(H,29,32)/t19-,22+/m1/s1. The summed E-state index contributed by atoms with van der Waals surface area (Å²) in [5.41, 5.74) is 3.69. The second kappa shape index (κ2) is 10.3. The normalized spacial score (nSPS) is 18.4. The van der Waals surface area contributed by atoms with E-state index in [2.05, 4.69) is 31.2 Å². The highest BCUT2D eigenvalue weighted by Gasteiger charge is 2.32. The van der Waals surface area contributed by atoms with Crippen molar-refractivity contribution in [1.29, 1.82) is 0 Å². The Morgan fingerprint density at radius 2 is 2.15 bits per heavy atom. The number of hydrogen-bond acceptors (Lipinski definition) is 7. The molecule has 1 saturated heterocycles. The van der Waals surface area contributed by atoms with Crippen LogP contribution in [0.2, 0.25) is 5.02 Å². The first kappa shape index (κ1) is 23.1. The highest BCUT2D eigenvalue weighted by atomic mass is 35.5. The number of carbonyl (C=O) groups is 1. The van der Waals surface area contributed by atoms with Crippen molar-refractivity contribution in [3.63, 3.8) is 0 Å². The summed E-state index contributed by atoms with van der Waals surface area (Å²) < 4.78 is 6.13. The van der Waals surface area contributed by atoms with E-state index in [4.69, 9.17) is 16.3 Å². The molecule has 1 aromatic carbocycles. The number of nitrogens with one attached hydrogen (secondary N) is 1. The number of hydrogen-bond donors (Lipinski definition) is 1. The molecule has 2 aliphatic rings. The summed E-state index contributed by atoms with van der Waals surface area (Å²) in [5.74, 6) is 0.666. The molecule has 0 aliphatic carbocycles. The summed E-state index contributed by atoms with van der Waals surface area (Å²) in [4.78, 5) is 28.5. The number of thioether (sulfide) groups is 1. The van der Waals surface area contributed by atoms with Crippen molar-refractivity contribution in [1.82, 2.24) is 25.2 Å². The van der Waals surface area contributed by atoms with Gasteiger partial charge in [0.2, 0.25) is 5.91 Å². The predicted octanol–water partition coefficient (Wildman–Crippen LogP) is 4.17. The van der Waals surface area contributed by atoms with Crippen LogP contribution in [0.15, 0.2) is 54.1 Å². The van der Waals surface area contributed by atoms with Gasteiger partial charge in [0.15, 0.2) is 5.16 Å². The van der Waals surface area contributed by atoms with E-state index in [1.165, 1.54) is 11.8 Å². The fraction of sp³-hybridized carbons (Fsp3) is 0.360. The van der Waals surface area contributed by atoms with E-state index < -0.39 is 0 Å². The summed E-state index contributed by atoms with van der Waals surface area (Å²) in [6, 6.07) is 9.33. The van der Waals surface area contributed by atoms with Crippen molar-refractivity contribution in [2.24, 2.45) is 0 Å². The molecular formula is C25H26ClN5O2S. The van der Waals surface area contributed by atoms with E-state index in [0.717, 1.165) is 48.3 Å². The zero-order valence-corrected chi connectivity index (χ0v) is 20.5.